The van der Waals surface area contributed by atoms with E-state index in [0.717, 1.165) is 80.9 Å². The van der Waals surface area contributed by atoms with E-state index >= 15 is 0 Å². The number of hydrogen-bond acceptors (Lipinski definition) is 12. The third-order valence-corrected chi connectivity index (χ3v) is 14.3. The fourth-order valence-corrected chi connectivity index (χ4v) is 11.6. The molecule has 0 unspecified atom stereocenters. The van der Waals surface area contributed by atoms with Crippen LogP contribution in [0, 0.1) is 16.7 Å². The maximum atomic E-state index is 14.5. The quantitative estimate of drug-likeness (QED) is 0.0606. The lowest BCUT2D eigenvalue weighted by molar-refractivity contribution is -0.151. The Kier molecular flexibility index (Phi) is 13.6. The minimum atomic E-state index is -2.21. The second-order valence-corrected chi connectivity index (χ2v) is 17.3. The number of aromatic nitrogens is 1. The van der Waals surface area contributed by atoms with Crippen LogP contribution >= 0.6 is 11.8 Å². The summed E-state index contributed by atoms with van der Waals surface area (Å²) >= 11 is 1.42. The van der Waals surface area contributed by atoms with Crippen molar-refractivity contribution in [2.45, 2.75) is 107 Å². The molecule has 2 heterocycles. The van der Waals surface area contributed by atoms with E-state index in [1.54, 1.807) is 19.4 Å². The van der Waals surface area contributed by atoms with E-state index in [9.17, 15) is 39.3 Å². The molecule has 1 aliphatic heterocycles. The van der Waals surface area contributed by atoms with Crippen LogP contribution in [0.1, 0.15) is 82.6 Å². The molecule has 2 amide bonds. The average molecular weight is 809 g/mol. The molecule has 0 radical (unpaired) electrons. The Morgan fingerprint density at radius 2 is 1.63 bits per heavy atom. The van der Waals surface area contributed by atoms with Gasteiger partial charge in [0.2, 0.25) is 18.0 Å². The van der Waals surface area contributed by atoms with Gasteiger partial charge in [-0.3, -0.25) is 29.5 Å². The predicted molar refractivity (Wildman–Crippen MR) is 212 cm³/mol. The summed E-state index contributed by atoms with van der Waals surface area (Å²) in [6, 6.07) is 1.67. The Hall–Kier alpha value is -4.09. The number of rotatable bonds is 18. The lowest BCUT2D eigenvalue weighted by Crippen LogP contribution is -2.54. The number of thioether (sulfide) groups is 1. The van der Waals surface area contributed by atoms with Gasteiger partial charge in [0, 0.05) is 43.2 Å². The van der Waals surface area contributed by atoms with Gasteiger partial charge >= 0.3 is 17.9 Å². The summed E-state index contributed by atoms with van der Waals surface area (Å²) in [6.07, 6.45) is 15.5. The van der Waals surface area contributed by atoms with Crippen LogP contribution in [-0.2, 0) is 35.1 Å². The number of amides is 2. The van der Waals surface area contributed by atoms with Crippen LogP contribution in [0.4, 0.5) is 0 Å². The van der Waals surface area contributed by atoms with Crippen molar-refractivity contribution in [1.82, 2.24) is 31.6 Å². The number of carbonyl (C=O) groups is 5. The maximum Gasteiger partial charge on any atom is 0.353 e. The van der Waals surface area contributed by atoms with E-state index in [2.05, 4.69) is 43.7 Å². The van der Waals surface area contributed by atoms with E-state index in [1.807, 2.05) is 19.2 Å². The van der Waals surface area contributed by atoms with Crippen molar-refractivity contribution in [1.29, 1.82) is 0 Å². The average Bonchev–Trinajstić information content (AvgIpc) is 3.82. The van der Waals surface area contributed by atoms with E-state index in [0.29, 0.717) is 18.7 Å². The Labute approximate surface area is 337 Å². The molecule has 15 nitrogen and oxygen atoms in total. The topological polar surface area (TPSA) is 228 Å². The highest BCUT2D eigenvalue weighted by Crippen LogP contribution is 2.68. The lowest BCUT2D eigenvalue weighted by atomic mass is 9.55. The van der Waals surface area contributed by atoms with E-state index in [4.69, 9.17) is 4.74 Å². The molecule has 57 heavy (non-hydrogen) atoms. The van der Waals surface area contributed by atoms with Crippen molar-refractivity contribution in [2.75, 3.05) is 33.1 Å². The number of ether oxygens (including phenoxy) is 1. The van der Waals surface area contributed by atoms with Crippen LogP contribution in [0.5, 0.6) is 0 Å². The second-order valence-electron chi connectivity index (χ2n) is 16.1. The molecule has 6 rings (SSSR count). The fourth-order valence-electron chi connectivity index (χ4n) is 9.91. The number of carboxylic acids is 2. The van der Waals surface area contributed by atoms with Crippen LogP contribution in [0.2, 0.25) is 0 Å². The van der Waals surface area contributed by atoms with Crippen LogP contribution in [0.15, 0.2) is 59.2 Å². The van der Waals surface area contributed by atoms with Gasteiger partial charge in [0.15, 0.2) is 0 Å². The van der Waals surface area contributed by atoms with Crippen LogP contribution in [-0.4, -0.2) is 106 Å². The number of likely N-dealkylation sites (N-methyl/N-ethyl adjacent to an activating group) is 1. The minimum Gasteiger partial charge on any atom is -0.480 e. The number of esters is 1. The van der Waals surface area contributed by atoms with Gasteiger partial charge in [-0.05, 0) is 93.3 Å². The molecule has 8 N–H and O–H groups in total. The van der Waals surface area contributed by atoms with E-state index in [1.165, 1.54) is 17.3 Å². The van der Waals surface area contributed by atoms with Gasteiger partial charge in [-0.2, -0.15) is 0 Å². The molecule has 1 aromatic heterocycles. The molecule has 5 aliphatic rings. The monoisotopic (exact) mass is 808 g/mol. The number of nitrogens with one attached hydrogen (secondary N) is 5. The highest BCUT2D eigenvalue weighted by Gasteiger charge is 2.64. The predicted octanol–water partition coefficient (Wildman–Crippen LogP) is 2.53. The van der Waals surface area contributed by atoms with Crippen molar-refractivity contribution in [3.8, 4) is 0 Å². The van der Waals surface area contributed by atoms with Gasteiger partial charge in [-0.15, -0.1) is 11.8 Å². The molecular weight excluding hydrogens is 753 g/mol. The number of allylic oxidation sites excluding steroid dienone is 2. The first-order chi connectivity index (χ1) is 27.4. The molecule has 1 aromatic rings. The standard InChI is InChI=1S/C41H56N6O9S/c1-42-22-27-26(20-25-10-18-44-19-11-25)21-39-12-4-3-5-13-40(14-6-7-15-40)41(17-16-39,33-32(39)31(27)38(55)56-33)57-23-29(34(49)47-35(50)37(53)54)46-30(48)9-8-28(36(51)52)45-24-43-2/h10-11,16-19,28-29,31,35,42-43,45,50H,3-9,12-15,20-24H2,1-2H3,(H,46,48)(H,47,49)(H,51,52)(H,53,54)/t28-,29-,31+,35-,39-,41-/m0/s1. The van der Waals surface area contributed by atoms with Crippen molar-refractivity contribution in [2.24, 2.45) is 16.7 Å². The van der Waals surface area contributed by atoms with Crippen molar-refractivity contribution < 1.29 is 44.0 Å². The van der Waals surface area contributed by atoms with E-state index < -0.39 is 58.1 Å². The zero-order valence-corrected chi connectivity index (χ0v) is 33.6. The molecule has 16 heteroatoms. The zero-order valence-electron chi connectivity index (χ0n) is 32.7. The first kappa shape index (κ1) is 42.5. The normalized spacial score (nSPS) is 26.4. The van der Waals surface area contributed by atoms with Crippen LogP contribution in [0.25, 0.3) is 0 Å². The number of pyridine rings is 1. The number of hydrogen-bond donors (Lipinski definition) is 8. The van der Waals surface area contributed by atoms with Gasteiger partial charge in [-0.1, -0.05) is 49.8 Å². The lowest BCUT2D eigenvalue weighted by Gasteiger charge is -2.53. The molecule has 2 bridgehead atoms. The highest BCUT2D eigenvalue weighted by atomic mass is 32.2. The summed E-state index contributed by atoms with van der Waals surface area (Å²) in [5, 5.41) is 42.9. The SMILES string of the molecule is CNCN[C@@H](CCC(=O)N[C@@H](CS[C@]12C=C[C@@]3(CCCCCC14CCCC4)CC(Cc1ccncc1)=C(CNC)[C@H]1C(=O)OC2=C13)C(=O)N[C@@H](O)C(=O)O)C(=O)O. The molecule has 4 aliphatic carbocycles. The number of aliphatic carboxylic acids is 2. The molecule has 1 fully saturated rings. The number of carbonyl (C=O) groups excluding carboxylic acids is 3. The van der Waals surface area contributed by atoms with Gasteiger partial charge in [0.05, 0.1) is 4.75 Å². The Balaban J connectivity index is 1.40. The number of aliphatic hydroxyl groups is 1. The summed E-state index contributed by atoms with van der Waals surface area (Å²) in [5.41, 5.74) is 3.56. The molecule has 0 saturated heterocycles. The van der Waals surface area contributed by atoms with Gasteiger partial charge in [0.25, 0.3) is 0 Å². The highest BCUT2D eigenvalue weighted by molar-refractivity contribution is 8.01. The van der Waals surface area contributed by atoms with Crippen LogP contribution < -0.4 is 26.6 Å². The smallest absolute Gasteiger partial charge is 0.353 e. The summed E-state index contributed by atoms with van der Waals surface area (Å²) in [4.78, 5) is 69.2. The van der Waals surface area contributed by atoms with Crippen LogP contribution in [0.3, 0.4) is 0 Å². The number of nitrogens with zero attached hydrogens (tertiary/aromatic N) is 1. The Morgan fingerprint density at radius 1 is 0.930 bits per heavy atom. The molecular formula is C41H56N6O9S. The molecule has 0 aromatic carbocycles. The Bertz CT molecular complexity index is 1800. The third-order valence-electron chi connectivity index (χ3n) is 12.6. The molecule has 2 spiro atoms. The summed E-state index contributed by atoms with van der Waals surface area (Å²) < 4.78 is 5.73. The number of carboxylic acid groups (broad SMARTS) is 2. The molecule has 1 saturated carbocycles. The van der Waals surface area contributed by atoms with Crippen molar-refractivity contribution in [3.05, 3.63) is 64.7 Å². The summed E-state index contributed by atoms with van der Waals surface area (Å²) in [7, 11) is 3.53. The molecule has 310 valence electrons. The second kappa shape index (κ2) is 18.2. The summed E-state index contributed by atoms with van der Waals surface area (Å²) in [5.74, 6) is -4.61. The van der Waals surface area contributed by atoms with Gasteiger partial charge in [-0.25, -0.2) is 4.79 Å². The summed E-state index contributed by atoms with van der Waals surface area (Å²) in [6.45, 7) is 0.711. The minimum absolute atomic E-state index is 0.0468. The Morgan fingerprint density at radius 3 is 2.30 bits per heavy atom. The van der Waals surface area contributed by atoms with E-state index in [-0.39, 0.29) is 36.6 Å². The maximum absolute atomic E-state index is 14.5. The third kappa shape index (κ3) is 8.70. The van der Waals surface area contributed by atoms with Gasteiger partial charge in [0.1, 0.15) is 23.8 Å². The number of aliphatic hydroxyl groups excluding tert-OH is 1. The zero-order chi connectivity index (χ0) is 40.8. The van der Waals surface area contributed by atoms with Crippen molar-refractivity contribution in [3.63, 3.8) is 0 Å². The van der Waals surface area contributed by atoms with Crippen molar-refractivity contribution >= 4 is 41.5 Å². The largest absolute Gasteiger partial charge is 0.480 e. The number of fused-ring (bicyclic) bond motifs is 3. The first-order valence-corrected chi connectivity index (χ1v) is 21.0. The van der Waals surface area contributed by atoms with Gasteiger partial charge < -0.3 is 41.3 Å². The molecule has 6 atom stereocenters. The fraction of sp³-hybridized carbons (Fsp3) is 0.610. The first-order valence-electron chi connectivity index (χ1n) is 20.1.